The molecule has 0 radical (unpaired) electrons. The molecule has 0 spiro atoms. The average molecular weight is 297 g/mol. The molecule has 0 aliphatic rings. The molecule has 0 bridgehead atoms. The molecule has 0 fully saturated rings. The van der Waals surface area contributed by atoms with Gasteiger partial charge in [0.05, 0.1) is 5.02 Å². The third-order valence-electron chi connectivity index (χ3n) is 3.17. The molecule has 2 aromatic rings. The highest BCUT2D eigenvalue weighted by atomic mass is 35.5. The summed E-state index contributed by atoms with van der Waals surface area (Å²) in [5.41, 5.74) is 1.06. The van der Waals surface area contributed by atoms with Gasteiger partial charge in [-0.25, -0.2) is 4.39 Å². The lowest BCUT2D eigenvalue weighted by Crippen LogP contribution is -2.35. The van der Waals surface area contributed by atoms with Crippen LogP contribution in [-0.2, 0) is 13.2 Å². The molecule has 0 aliphatic carbocycles. The Labute approximate surface area is 122 Å². The molecule has 1 heterocycles. The summed E-state index contributed by atoms with van der Waals surface area (Å²) in [6.07, 6.45) is 1.77. The van der Waals surface area contributed by atoms with Gasteiger partial charge in [-0.15, -0.1) is 0 Å². The van der Waals surface area contributed by atoms with Crippen LogP contribution in [0.5, 0.6) is 11.5 Å². The van der Waals surface area contributed by atoms with Gasteiger partial charge < -0.3 is 9.84 Å². The zero-order valence-electron chi connectivity index (χ0n) is 11.4. The molecular weight excluding hydrogens is 281 g/mol. The van der Waals surface area contributed by atoms with Crippen LogP contribution in [0.1, 0.15) is 18.2 Å². The molecule has 0 aliphatic heterocycles. The monoisotopic (exact) mass is 296 g/mol. The molecule has 106 valence electrons. The standard InChI is InChI=1S/C15H15ClFNO2/c1-3-18-8-7-14(19)15(10(18)2)20-9-11-12(16)5-4-6-13(11)17/h4-8H,3,9H2,1-2H3/p+1. The molecular formula is C15H16ClFNO2+. The van der Waals surface area contributed by atoms with E-state index < -0.39 is 5.82 Å². The molecule has 0 unspecified atom stereocenters. The number of aromatic nitrogens is 1. The number of halogens is 2. The maximum atomic E-state index is 13.7. The number of nitrogens with zero attached hydrogens (tertiary/aromatic N) is 1. The fourth-order valence-corrected chi connectivity index (χ4v) is 2.22. The van der Waals surface area contributed by atoms with Gasteiger partial charge in [-0.3, -0.25) is 0 Å². The average Bonchev–Trinajstić information content (AvgIpc) is 2.41. The first-order valence-electron chi connectivity index (χ1n) is 6.32. The van der Waals surface area contributed by atoms with Crippen LogP contribution in [0.15, 0.2) is 30.5 Å². The van der Waals surface area contributed by atoms with Gasteiger partial charge in [-0.1, -0.05) is 17.7 Å². The Morgan fingerprint density at radius 1 is 1.35 bits per heavy atom. The maximum absolute atomic E-state index is 13.7. The number of hydrogen-bond donors (Lipinski definition) is 1. The van der Waals surface area contributed by atoms with E-state index in [1.54, 1.807) is 18.3 Å². The minimum Gasteiger partial charge on any atom is -0.504 e. The molecule has 0 atom stereocenters. The largest absolute Gasteiger partial charge is 0.504 e. The molecule has 0 saturated heterocycles. The third-order valence-corrected chi connectivity index (χ3v) is 3.52. The zero-order chi connectivity index (χ0) is 14.7. The quantitative estimate of drug-likeness (QED) is 0.878. The molecule has 3 nitrogen and oxygen atoms in total. The molecule has 1 aromatic heterocycles. The Morgan fingerprint density at radius 2 is 2.10 bits per heavy atom. The fraction of sp³-hybridized carbons (Fsp3) is 0.267. The molecule has 5 heteroatoms. The van der Waals surface area contributed by atoms with E-state index in [0.717, 1.165) is 12.2 Å². The SMILES string of the molecule is CC[n+]1ccc(O)c(OCc2c(F)cccc2Cl)c1C. The topological polar surface area (TPSA) is 33.3 Å². The van der Waals surface area contributed by atoms with E-state index in [4.69, 9.17) is 16.3 Å². The zero-order valence-corrected chi connectivity index (χ0v) is 12.1. The van der Waals surface area contributed by atoms with E-state index in [2.05, 4.69) is 0 Å². The lowest BCUT2D eigenvalue weighted by Gasteiger charge is -2.11. The summed E-state index contributed by atoms with van der Waals surface area (Å²) in [5.74, 6) is -0.0535. The minimum absolute atomic E-state index is 0.0275. The van der Waals surface area contributed by atoms with E-state index in [-0.39, 0.29) is 17.9 Å². The Morgan fingerprint density at radius 3 is 2.75 bits per heavy atom. The first-order valence-corrected chi connectivity index (χ1v) is 6.70. The maximum Gasteiger partial charge on any atom is 0.229 e. The lowest BCUT2D eigenvalue weighted by atomic mass is 10.2. The van der Waals surface area contributed by atoms with Gasteiger partial charge in [0.15, 0.2) is 11.9 Å². The number of rotatable bonds is 4. The van der Waals surface area contributed by atoms with Crippen LogP contribution in [-0.4, -0.2) is 5.11 Å². The highest BCUT2D eigenvalue weighted by molar-refractivity contribution is 6.31. The third kappa shape index (κ3) is 2.85. The Hall–Kier alpha value is -1.81. The van der Waals surface area contributed by atoms with Crippen molar-refractivity contribution in [3.8, 4) is 11.5 Å². The van der Waals surface area contributed by atoms with Crippen molar-refractivity contribution in [2.45, 2.75) is 27.0 Å². The molecule has 1 N–H and O–H groups in total. The van der Waals surface area contributed by atoms with Gasteiger partial charge in [-0.05, 0) is 19.1 Å². The van der Waals surface area contributed by atoms with Crippen LogP contribution in [0.25, 0.3) is 0 Å². The lowest BCUT2D eigenvalue weighted by molar-refractivity contribution is -0.699. The van der Waals surface area contributed by atoms with Crippen LogP contribution in [0.3, 0.4) is 0 Å². The Bertz CT molecular complexity index is 611. The first-order chi connectivity index (χ1) is 9.54. The number of ether oxygens (including phenoxy) is 1. The van der Waals surface area contributed by atoms with Crippen LogP contribution < -0.4 is 9.30 Å². The van der Waals surface area contributed by atoms with E-state index in [0.29, 0.717) is 10.8 Å². The van der Waals surface area contributed by atoms with Gasteiger partial charge in [0.2, 0.25) is 11.4 Å². The summed E-state index contributed by atoms with van der Waals surface area (Å²) in [6, 6.07) is 6.02. The second-order valence-corrected chi connectivity index (χ2v) is 4.80. The van der Waals surface area contributed by atoms with Crippen molar-refractivity contribution in [3.63, 3.8) is 0 Å². The molecule has 0 saturated carbocycles. The smallest absolute Gasteiger partial charge is 0.229 e. The summed E-state index contributed by atoms with van der Waals surface area (Å²) in [6.45, 7) is 4.54. The van der Waals surface area contributed by atoms with Crippen molar-refractivity contribution >= 4 is 11.6 Å². The number of hydrogen-bond acceptors (Lipinski definition) is 2. The second-order valence-electron chi connectivity index (χ2n) is 4.39. The van der Waals surface area contributed by atoms with Crippen LogP contribution in [0, 0.1) is 12.7 Å². The molecule has 20 heavy (non-hydrogen) atoms. The highest BCUT2D eigenvalue weighted by Crippen LogP contribution is 2.29. The van der Waals surface area contributed by atoms with Crippen molar-refractivity contribution in [1.82, 2.24) is 0 Å². The van der Waals surface area contributed by atoms with Crippen molar-refractivity contribution in [2.24, 2.45) is 0 Å². The highest BCUT2D eigenvalue weighted by Gasteiger charge is 2.18. The van der Waals surface area contributed by atoms with E-state index in [1.807, 2.05) is 18.4 Å². The fourth-order valence-electron chi connectivity index (χ4n) is 2.00. The van der Waals surface area contributed by atoms with E-state index >= 15 is 0 Å². The van der Waals surface area contributed by atoms with E-state index in [1.165, 1.54) is 12.1 Å². The summed E-state index contributed by atoms with van der Waals surface area (Å²) < 4.78 is 21.2. The Kier molecular flexibility index (Phi) is 4.45. The van der Waals surface area contributed by atoms with Crippen LogP contribution in [0.4, 0.5) is 4.39 Å². The van der Waals surface area contributed by atoms with Gasteiger partial charge in [0, 0.05) is 18.6 Å². The normalized spacial score (nSPS) is 10.6. The minimum atomic E-state index is -0.422. The van der Waals surface area contributed by atoms with E-state index in [9.17, 15) is 9.50 Å². The van der Waals surface area contributed by atoms with Crippen molar-refractivity contribution in [2.75, 3.05) is 0 Å². The van der Waals surface area contributed by atoms with Crippen molar-refractivity contribution in [1.29, 1.82) is 0 Å². The van der Waals surface area contributed by atoms with Gasteiger partial charge >= 0.3 is 0 Å². The number of aromatic hydroxyl groups is 1. The second kappa shape index (κ2) is 6.09. The van der Waals surface area contributed by atoms with Crippen LogP contribution in [0.2, 0.25) is 5.02 Å². The number of benzene rings is 1. The van der Waals surface area contributed by atoms with Crippen molar-refractivity contribution in [3.05, 3.63) is 52.6 Å². The predicted octanol–water partition coefficient (Wildman–Crippen LogP) is 3.38. The van der Waals surface area contributed by atoms with Crippen molar-refractivity contribution < 1.29 is 18.8 Å². The Balaban J connectivity index is 2.27. The number of pyridine rings is 1. The summed E-state index contributed by atoms with van der Waals surface area (Å²) >= 11 is 5.95. The summed E-state index contributed by atoms with van der Waals surface area (Å²) in [5, 5.41) is 10.2. The number of aryl methyl sites for hydroxylation is 1. The molecule has 0 amide bonds. The molecule has 2 rings (SSSR count). The summed E-state index contributed by atoms with van der Waals surface area (Å²) in [7, 11) is 0. The van der Waals surface area contributed by atoms with Gasteiger partial charge in [0.25, 0.3) is 0 Å². The molecule has 1 aromatic carbocycles. The van der Waals surface area contributed by atoms with Crippen LogP contribution >= 0.6 is 11.6 Å². The van der Waals surface area contributed by atoms with Gasteiger partial charge in [-0.2, -0.15) is 4.57 Å². The first kappa shape index (κ1) is 14.6. The predicted molar refractivity (Wildman–Crippen MR) is 74.5 cm³/mol. The summed E-state index contributed by atoms with van der Waals surface area (Å²) in [4.78, 5) is 0. The van der Waals surface area contributed by atoms with Gasteiger partial charge in [0.1, 0.15) is 19.0 Å².